The molecule has 0 saturated heterocycles. The smallest absolute Gasteiger partial charge is 0.304 e. The fourth-order valence-corrected chi connectivity index (χ4v) is 13.1. The highest BCUT2D eigenvalue weighted by molar-refractivity contribution is 7.07. The van der Waals surface area contributed by atoms with Crippen molar-refractivity contribution in [3.05, 3.63) is 157 Å². The van der Waals surface area contributed by atoms with Crippen LogP contribution in [-0.2, 0) is 9.59 Å². The number of carbonyl (C=O) groups excluding carboxylic acids is 2. The number of benzene rings is 5. The number of amides is 2. The Morgan fingerprint density at radius 2 is 0.674 bits per heavy atom. The third-order valence-corrected chi connectivity index (χ3v) is 16.7. The molecule has 6 heteroatoms. The highest BCUT2D eigenvalue weighted by Crippen LogP contribution is 2.14. The lowest BCUT2D eigenvalue weighted by atomic mass is 10.1. The lowest BCUT2D eigenvalue weighted by Gasteiger charge is -2.35. The van der Waals surface area contributed by atoms with Gasteiger partial charge >= 0.3 is 16.5 Å². The van der Waals surface area contributed by atoms with Gasteiger partial charge in [0.2, 0.25) is 11.8 Å². The van der Waals surface area contributed by atoms with Crippen molar-refractivity contribution in [2.24, 2.45) is 0 Å². The van der Waals surface area contributed by atoms with Crippen LogP contribution in [0.25, 0.3) is 0 Å². The predicted octanol–water partition coefficient (Wildman–Crippen LogP) is 3.94. The molecule has 0 bridgehead atoms. The molecule has 46 heavy (non-hydrogen) atoms. The van der Waals surface area contributed by atoms with E-state index in [9.17, 15) is 9.59 Å². The van der Waals surface area contributed by atoms with Gasteiger partial charge in [0.25, 0.3) is 0 Å². The molecule has 2 amide bonds. The molecule has 5 rings (SSSR count). The number of hydrogen-bond donors (Lipinski definition) is 0. The van der Waals surface area contributed by atoms with Crippen LogP contribution in [0.15, 0.2) is 146 Å². The molecule has 226 valence electrons. The third kappa shape index (κ3) is 6.36. The molecule has 4 nitrogen and oxygen atoms in total. The van der Waals surface area contributed by atoms with Gasteiger partial charge in [-0.05, 0) is 45.0 Å². The Morgan fingerprint density at radius 3 is 0.891 bits per heavy atom. The molecule has 0 aliphatic carbocycles. The molecule has 0 spiro atoms. The van der Waals surface area contributed by atoms with Gasteiger partial charge in [0.05, 0.1) is 0 Å². The molecule has 0 unspecified atom stereocenters. The van der Waals surface area contributed by atoms with Crippen molar-refractivity contribution in [2.45, 2.75) is 13.8 Å². The monoisotopic (exact) mass is 632 g/mol. The van der Waals surface area contributed by atoms with E-state index in [4.69, 9.17) is 0 Å². The zero-order valence-corrected chi connectivity index (χ0v) is 28.6. The highest BCUT2D eigenvalue weighted by Gasteiger charge is 2.44. The van der Waals surface area contributed by atoms with Crippen molar-refractivity contribution in [1.82, 2.24) is 9.13 Å². The first-order valence-corrected chi connectivity index (χ1v) is 19.1. The summed E-state index contributed by atoms with van der Waals surface area (Å²) < 4.78 is 3.68. The van der Waals surface area contributed by atoms with Gasteiger partial charge in [-0.15, -0.1) is 0 Å². The molecular weight excluding hydrogens is 597 g/mol. The van der Waals surface area contributed by atoms with Crippen molar-refractivity contribution < 1.29 is 9.59 Å². The molecular formula is C40H36N2O2Si2. The van der Waals surface area contributed by atoms with E-state index in [2.05, 4.69) is 71.5 Å². The number of carbonyl (C=O) groups is 2. The zero-order chi connectivity index (χ0) is 32.6. The molecule has 5 aromatic carbocycles. The Kier molecular flexibility index (Phi) is 9.83. The van der Waals surface area contributed by atoms with Crippen LogP contribution < -0.4 is 20.7 Å². The predicted molar refractivity (Wildman–Crippen MR) is 193 cm³/mol. The summed E-state index contributed by atoms with van der Waals surface area (Å²) in [5.74, 6) is 6.80. The lowest BCUT2D eigenvalue weighted by molar-refractivity contribution is -0.124. The van der Waals surface area contributed by atoms with E-state index in [0.29, 0.717) is 0 Å². The number of rotatable bonds is 6. The maximum absolute atomic E-state index is 12.9. The van der Waals surface area contributed by atoms with E-state index in [1.807, 2.05) is 120 Å². The van der Waals surface area contributed by atoms with Crippen LogP contribution in [0, 0.1) is 22.9 Å². The average Bonchev–Trinajstić information content (AvgIpc) is 3.11. The van der Waals surface area contributed by atoms with Gasteiger partial charge in [-0.2, -0.15) is 0 Å². The van der Waals surface area contributed by atoms with Gasteiger partial charge in [-0.25, -0.2) is 0 Å². The van der Waals surface area contributed by atoms with E-state index in [1.54, 1.807) is 13.8 Å². The van der Waals surface area contributed by atoms with Gasteiger partial charge in [0.1, 0.15) is 0 Å². The van der Waals surface area contributed by atoms with Gasteiger partial charge in [0.15, 0.2) is 0 Å². The first-order chi connectivity index (χ1) is 22.3. The van der Waals surface area contributed by atoms with Crippen molar-refractivity contribution in [3.8, 4) is 22.9 Å². The fraction of sp³-hybridized carbons (Fsp3) is 0.100. The molecule has 0 aliphatic heterocycles. The van der Waals surface area contributed by atoms with E-state index >= 15 is 0 Å². The average molecular weight is 633 g/mol. The first-order valence-electron chi connectivity index (χ1n) is 15.2. The summed E-state index contributed by atoms with van der Waals surface area (Å²) in [5, 5.41) is 4.19. The molecule has 0 saturated carbocycles. The summed E-state index contributed by atoms with van der Waals surface area (Å²) in [6.45, 7) is 3.20. The second kappa shape index (κ2) is 14.1. The van der Waals surface area contributed by atoms with Crippen LogP contribution in [0.5, 0.6) is 0 Å². The second-order valence-corrected chi connectivity index (χ2v) is 18.1. The summed E-state index contributed by atoms with van der Waals surface area (Å²) in [7, 11) is -2.26. The third-order valence-electron chi connectivity index (χ3n) is 8.38. The Bertz CT molecular complexity index is 1700. The van der Waals surface area contributed by atoms with E-state index in [-0.39, 0.29) is 11.8 Å². The normalized spacial score (nSPS) is 10.9. The SMILES string of the molecule is CC(=O)N(C)[Si](C#Cc1ccc(C#C[Si](c2ccccc2)(c2ccccc2)N(C)C(C)=O)cc1)(c1ccccc1)c1ccccc1. The standard InChI is InChI=1S/C40H36N2O2Si2/c1-33(43)41(3)45(37-17-9-5-10-18-37,38-19-11-6-12-20-38)31-29-35-25-27-36(28-26-35)30-32-46(42(4)34(2)44,39-21-13-7-14-22-39)40-23-15-8-16-24-40/h5-28H,1-4H3. The van der Waals surface area contributed by atoms with Crippen molar-refractivity contribution >= 4 is 49.0 Å². The minimum atomic E-state index is -2.99. The van der Waals surface area contributed by atoms with E-state index in [0.717, 1.165) is 31.9 Å². The molecule has 0 aromatic heterocycles. The summed E-state index contributed by atoms with van der Waals surface area (Å²) in [4.78, 5) is 25.8. The summed E-state index contributed by atoms with van der Waals surface area (Å²) in [6, 6.07) is 48.4. The van der Waals surface area contributed by atoms with Crippen LogP contribution in [0.1, 0.15) is 25.0 Å². The van der Waals surface area contributed by atoms with Crippen LogP contribution in [-0.4, -0.2) is 51.5 Å². The molecule has 0 radical (unpaired) electrons. The molecule has 0 fully saturated rings. The van der Waals surface area contributed by atoms with E-state index < -0.39 is 16.5 Å². The zero-order valence-electron chi connectivity index (χ0n) is 26.6. The van der Waals surface area contributed by atoms with Gasteiger partial charge in [-0.3, -0.25) is 9.59 Å². The fourth-order valence-electron chi connectivity index (χ4n) is 5.72. The lowest BCUT2D eigenvalue weighted by Crippen LogP contribution is -2.69. The molecule has 0 aliphatic rings. The summed E-state index contributed by atoms with van der Waals surface area (Å²) >= 11 is 0. The maximum atomic E-state index is 12.9. The largest absolute Gasteiger partial charge is 0.354 e. The first kappa shape index (κ1) is 32.0. The van der Waals surface area contributed by atoms with E-state index in [1.165, 1.54) is 0 Å². The Labute approximate surface area is 274 Å². The van der Waals surface area contributed by atoms with Crippen LogP contribution in [0.4, 0.5) is 0 Å². The second-order valence-electron chi connectivity index (χ2n) is 11.1. The van der Waals surface area contributed by atoms with Crippen LogP contribution >= 0.6 is 0 Å². The topological polar surface area (TPSA) is 40.6 Å². The van der Waals surface area contributed by atoms with Gasteiger partial charge in [-0.1, -0.05) is 144 Å². The Morgan fingerprint density at radius 1 is 0.435 bits per heavy atom. The minimum absolute atomic E-state index is 0.0284. The number of nitrogens with zero attached hydrogens (tertiary/aromatic N) is 2. The van der Waals surface area contributed by atoms with Gasteiger partial charge < -0.3 is 9.13 Å². The van der Waals surface area contributed by atoms with Crippen molar-refractivity contribution in [3.63, 3.8) is 0 Å². The summed E-state index contributed by atoms with van der Waals surface area (Å²) in [6.07, 6.45) is 0. The summed E-state index contributed by atoms with van der Waals surface area (Å²) in [5.41, 5.74) is 8.93. The Balaban J connectivity index is 1.60. The van der Waals surface area contributed by atoms with Crippen LogP contribution in [0.3, 0.4) is 0 Å². The highest BCUT2D eigenvalue weighted by atomic mass is 28.3. The minimum Gasteiger partial charge on any atom is -0.354 e. The Hall–Kier alpha value is -5.41. The molecule has 0 atom stereocenters. The molecule has 5 aromatic rings. The van der Waals surface area contributed by atoms with Crippen LogP contribution in [0.2, 0.25) is 0 Å². The van der Waals surface area contributed by atoms with Crippen molar-refractivity contribution in [2.75, 3.05) is 14.1 Å². The molecule has 0 heterocycles. The van der Waals surface area contributed by atoms with Gasteiger partial charge in [0, 0.05) is 39.1 Å². The quantitative estimate of drug-likeness (QED) is 0.210. The maximum Gasteiger partial charge on any atom is 0.304 e. The van der Waals surface area contributed by atoms with Crippen molar-refractivity contribution in [1.29, 1.82) is 0 Å². The molecule has 0 N–H and O–H groups in total. The number of hydrogen-bond acceptors (Lipinski definition) is 2.